The fraction of sp³-hybridized carbons (Fsp3) is 0.471. The van der Waals surface area contributed by atoms with E-state index in [0.717, 1.165) is 23.0 Å². The van der Waals surface area contributed by atoms with Crippen molar-refractivity contribution in [1.82, 2.24) is 10.3 Å². The summed E-state index contributed by atoms with van der Waals surface area (Å²) in [6.45, 7) is 8.24. The lowest BCUT2D eigenvalue weighted by atomic mass is 10.1. The van der Waals surface area contributed by atoms with Gasteiger partial charge in [-0.3, -0.25) is 0 Å². The third kappa shape index (κ3) is 3.09. The van der Waals surface area contributed by atoms with Crippen LogP contribution in [0, 0.1) is 0 Å². The van der Waals surface area contributed by atoms with Gasteiger partial charge in [0.2, 0.25) is 0 Å². The SMILES string of the molecule is CC(C)c1ocnc1CNC(C)c1ccc2c(c1)OCCO2. The molecule has 5 nitrogen and oxygen atoms in total. The Hall–Kier alpha value is -2.01. The van der Waals surface area contributed by atoms with Gasteiger partial charge in [-0.25, -0.2) is 4.98 Å². The Bertz CT molecular complexity index is 637. The molecule has 1 aromatic heterocycles. The molecule has 2 heterocycles. The van der Waals surface area contributed by atoms with Crippen molar-refractivity contribution >= 4 is 0 Å². The minimum absolute atomic E-state index is 0.188. The van der Waals surface area contributed by atoms with E-state index in [0.29, 0.717) is 25.7 Å². The molecule has 1 aliphatic rings. The summed E-state index contributed by atoms with van der Waals surface area (Å²) in [4.78, 5) is 4.30. The van der Waals surface area contributed by atoms with E-state index in [1.54, 1.807) is 0 Å². The van der Waals surface area contributed by atoms with Gasteiger partial charge in [-0.2, -0.15) is 0 Å². The van der Waals surface area contributed by atoms with Gasteiger partial charge < -0.3 is 19.2 Å². The zero-order chi connectivity index (χ0) is 15.5. The van der Waals surface area contributed by atoms with Crippen LogP contribution in [0.3, 0.4) is 0 Å². The fourth-order valence-corrected chi connectivity index (χ4v) is 2.58. The molecular formula is C17H22N2O3. The first-order valence-electron chi connectivity index (χ1n) is 7.70. The third-order valence-corrected chi connectivity index (χ3v) is 3.84. The second-order valence-electron chi connectivity index (χ2n) is 5.82. The lowest BCUT2D eigenvalue weighted by Gasteiger charge is -2.21. The second-order valence-corrected chi connectivity index (χ2v) is 5.82. The molecule has 0 bridgehead atoms. The predicted molar refractivity (Wildman–Crippen MR) is 83.3 cm³/mol. The second kappa shape index (κ2) is 6.40. The van der Waals surface area contributed by atoms with Crippen LogP contribution < -0.4 is 14.8 Å². The largest absolute Gasteiger partial charge is 0.486 e. The molecule has 1 aliphatic heterocycles. The fourth-order valence-electron chi connectivity index (χ4n) is 2.58. The summed E-state index contributed by atoms with van der Waals surface area (Å²) >= 11 is 0. The minimum Gasteiger partial charge on any atom is -0.486 e. The molecule has 3 rings (SSSR count). The van der Waals surface area contributed by atoms with E-state index in [-0.39, 0.29) is 6.04 Å². The van der Waals surface area contributed by atoms with Crippen molar-refractivity contribution in [1.29, 1.82) is 0 Å². The van der Waals surface area contributed by atoms with Crippen molar-refractivity contribution in [2.24, 2.45) is 0 Å². The summed E-state index contributed by atoms with van der Waals surface area (Å²) in [6.07, 6.45) is 1.51. The molecule has 0 fully saturated rings. The highest BCUT2D eigenvalue weighted by molar-refractivity contribution is 5.44. The molecule has 1 N–H and O–H groups in total. The number of ether oxygens (including phenoxy) is 2. The number of rotatable bonds is 5. The highest BCUT2D eigenvalue weighted by Crippen LogP contribution is 2.32. The molecule has 0 radical (unpaired) electrons. The third-order valence-electron chi connectivity index (χ3n) is 3.84. The maximum atomic E-state index is 5.64. The number of benzene rings is 1. The van der Waals surface area contributed by atoms with Gasteiger partial charge in [0.1, 0.15) is 19.0 Å². The van der Waals surface area contributed by atoms with Crippen molar-refractivity contribution in [2.45, 2.75) is 39.3 Å². The summed E-state index contributed by atoms with van der Waals surface area (Å²) in [5.41, 5.74) is 2.14. The first-order valence-corrected chi connectivity index (χ1v) is 7.70. The first kappa shape index (κ1) is 14.9. The van der Waals surface area contributed by atoms with Crippen molar-refractivity contribution in [3.63, 3.8) is 0 Å². The summed E-state index contributed by atoms with van der Waals surface area (Å²) in [5, 5.41) is 3.48. The highest BCUT2D eigenvalue weighted by Gasteiger charge is 2.16. The molecule has 0 saturated carbocycles. The van der Waals surface area contributed by atoms with E-state index in [1.807, 2.05) is 12.1 Å². The van der Waals surface area contributed by atoms with E-state index in [2.05, 4.69) is 37.1 Å². The molecule has 1 unspecified atom stereocenters. The van der Waals surface area contributed by atoms with Crippen molar-refractivity contribution in [3.8, 4) is 11.5 Å². The van der Waals surface area contributed by atoms with Crippen LogP contribution in [0.1, 0.15) is 49.7 Å². The van der Waals surface area contributed by atoms with Crippen LogP contribution in [-0.2, 0) is 6.54 Å². The molecule has 1 atom stereocenters. The summed E-state index contributed by atoms with van der Waals surface area (Å²) in [6, 6.07) is 6.26. The molecule has 0 amide bonds. The molecule has 22 heavy (non-hydrogen) atoms. The number of nitrogens with zero attached hydrogens (tertiary/aromatic N) is 1. The van der Waals surface area contributed by atoms with Gasteiger partial charge in [0.05, 0.1) is 5.69 Å². The summed E-state index contributed by atoms with van der Waals surface area (Å²) in [7, 11) is 0. The number of hydrogen-bond donors (Lipinski definition) is 1. The van der Waals surface area contributed by atoms with Gasteiger partial charge in [-0.05, 0) is 24.6 Å². The summed E-state index contributed by atoms with van der Waals surface area (Å²) < 4.78 is 16.6. The quantitative estimate of drug-likeness (QED) is 0.917. The van der Waals surface area contributed by atoms with Gasteiger partial charge in [0, 0.05) is 18.5 Å². The highest BCUT2D eigenvalue weighted by atomic mass is 16.6. The van der Waals surface area contributed by atoms with Crippen LogP contribution in [0.25, 0.3) is 0 Å². The Kier molecular flexibility index (Phi) is 4.34. The number of aromatic nitrogens is 1. The van der Waals surface area contributed by atoms with E-state index < -0.39 is 0 Å². The molecular weight excluding hydrogens is 280 g/mol. The summed E-state index contributed by atoms with van der Waals surface area (Å²) in [5.74, 6) is 2.92. The van der Waals surface area contributed by atoms with Crippen molar-refractivity contribution < 1.29 is 13.9 Å². The molecule has 5 heteroatoms. The average molecular weight is 302 g/mol. The van der Waals surface area contributed by atoms with Crippen molar-refractivity contribution in [3.05, 3.63) is 41.6 Å². The Morgan fingerprint density at radius 2 is 1.91 bits per heavy atom. The predicted octanol–water partition coefficient (Wildman–Crippen LogP) is 3.42. The van der Waals surface area contributed by atoms with E-state index >= 15 is 0 Å². The Balaban J connectivity index is 1.67. The standard InChI is InChI=1S/C17H22N2O3/c1-11(2)17-14(19-10-22-17)9-18-12(3)13-4-5-15-16(8-13)21-7-6-20-15/h4-5,8,10-12,18H,6-7,9H2,1-3H3. The lowest BCUT2D eigenvalue weighted by molar-refractivity contribution is 0.171. The number of nitrogens with one attached hydrogen (secondary N) is 1. The average Bonchev–Trinajstić information content (AvgIpc) is 3.01. The van der Waals surface area contributed by atoms with E-state index in [9.17, 15) is 0 Å². The number of hydrogen-bond acceptors (Lipinski definition) is 5. The van der Waals surface area contributed by atoms with Crippen LogP contribution in [0.4, 0.5) is 0 Å². The van der Waals surface area contributed by atoms with Gasteiger partial charge in [-0.15, -0.1) is 0 Å². The van der Waals surface area contributed by atoms with Gasteiger partial charge in [0.25, 0.3) is 0 Å². The monoisotopic (exact) mass is 302 g/mol. The Morgan fingerprint density at radius 3 is 2.68 bits per heavy atom. The van der Waals surface area contributed by atoms with Crippen LogP contribution >= 0.6 is 0 Å². The molecule has 2 aromatic rings. The normalized spacial score (nSPS) is 15.1. The molecule has 0 saturated heterocycles. The van der Waals surface area contributed by atoms with Crippen LogP contribution in [0.5, 0.6) is 11.5 Å². The smallest absolute Gasteiger partial charge is 0.181 e. The lowest BCUT2D eigenvalue weighted by Crippen LogP contribution is -2.20. The van der Waals surface area contributed by atoms with Gasteiger partial charge >= 0.3 is 0 Å². The minimum atomic E-state index is 0.188. The number of fused-ring (bicyclic) bond motifs is 1. The Morgan fingerprint density at radius 1 is 1.14 bits per heavy atom. The Labute approximate surface area is 130 Å². The number of oxazole rings is 1. The van der Waals surface area contributed by atoms with E-state index in [1.165, 1.54) is 12.0 Å². The maximum Gasteiger partial charge on any atom is 0.181 e. The van der Waals surface area contributed by atoms with Gasteiger partial charge in [0.15, 0.2) is 17.9 Å². The molecule has 0 spiro atoms. The van der Waals surface area contributed by atoms with Crippen LogP contribution in [0.2, 0.25) is 0 Å². The molecule has 1 aromatic carbocycles. The molecule has 0 aliphatic carbocycles. The van der Waals surface area contributed by atoms with Gasteiger partial charge in [-0.1, -0.05) is 19.9 Å². The maximum absolute atomic E-state index is 5.64. The topological polar surface area (TPSA) is 56.5 Å². The first-order chi connectivity index (χ1) is 10.6. The van der Waals surface area contributed by atoms with Crippen molar-refractivity contribution in [2.75, 3.05) is 13.2 Å². The van der Waals surface area contributed by atoms with Crippen LogP contribution in [-0.4, -0.2) is 18.2 Å². The van der Waals surface area contributed by atoms with E-state index in [4.69, 9.17) is 13.9 Å². The van der Waals surface area contributed by atoms with Crippen LogP contribution in [0.15, 0.2) is 29.0 Å². The zero-order valence-electron chi connectivity index (χ0n) is 13.3. The molecule has 118 valence electrons. The zero-order valence-corrected chi connectivity index (χ0v) is 13.3.